The first-order valence-electron chi connectivity index (χ1n) is 13.5. The molecule has 0 radical (unpaired) electrons. The van der Waals surface area contributed by atoms with Gasteiger partial charge >= 0.3 is 5.97 Å². The predicted molar refractivity (Wildman–Crippen MR) is 155 cm³/mol. The number of aromatic nitrogens is 3. The van der Waals surface area contributed by atoms with Gasteiger partial charge in [0.05, 0.1) is 18.1 Å². The van der Waals surface area contributed by atoms with Gasteiger partial charge in [-0.05, 0) is 44.5 Å². The summed E-state index contributed by atoms with van der Waals surface area (Å²) in [5, 5.41) is 10.2. The van der Waals surface area contributed by atoms with E-state index in [-0.39, 0.29) is 36.7 Å². The second kappa shape index (κ2) is 14.3. The summed E-state index contributed by atoms with van der Waals surface area (Å²) in [6.45, 7) is 5.43. The number of halogens is 1. The first-order valence-corrected chi connectivity index (χ1v) is 14.9. The van der Waals surface area contributed by atoms with Crippen molar-refractivity contribution in [3.05, 3.63) is 59.6 Å². The van der Waals surface area contributed by atoms with Crippen molar-refractivity contribution < 1.29 is 19.1 Å². The van der Waals surface area contributed by atoms with Gasteiger partial charge in [0, 0.05) is 55.5 Å². The number of nitrogens with zero attached hydrogens (tertiary/aromatic N) is 5. The molecule has 1 saturated heterocycles. The second-order valence-electron chi connectivity index (χ2n) is 9.49. The Morgan fingerprint density at radius 1 is 0.975 bits per heavy atom. The molecule has 0 spiro atoms. The van der Waals surface area contributed by atoms with E-state index in [1.807, 2.05) is 71.0 Å². The zero-order valence-electron chi connectivity index (χ0n) is 22.8. The number of benzene rings is 2. The maximum absolute atomic E-state index is 12.9. The Kier molecular flexibility index (Phi) is 10.6. The summed E-state index contributed by atoms with van der Waals surface area (Å²) in [5.41, 5.74) is 1.74. The van der Waals surface area contributed by atoms with Gasteiger partial charge in [-0.15, -0.1) is 10.2 Å². The van der Waals surface area contributed by atoms with Gasteiger partial charge in [-0.3, -0.25) is 19.0 Å². The quantitative estimate of drug-likeness (QED) is 0.181. The van der Waals surface area contributed by atoms with Crippen LogP contribution in [-0.4, -0.2) is 80.4 Å². The van der Waals surface area contributed by atoms with Crippen molar-refractivity contribution in [2.24, 2.45) is 0 Å². The minimum absolute atomic E-state index is 0.0763. The standard InChI is InChI=1S/C29H34ClN5O4S/c1-3-39-27(38)16-15-26(37)34-18-17-33(20-21(34)2)25(36)14-9-19-40-29-32-31-28(23-12-7-8-13-24(23)30)35(29)22-10-5-4-6-11-22/h4-8,10-13,21H,3,9,14-20H2,1-2H3. The third kappa shape index (κ3) is 7.42. The highest BCUT2D eigenvalue weighted by Crippen LogP contribution is 2.32. The van der Waals surface area contributed by atoms with Crippen LogP contribution in [0, 0.1) is 0 Å². The Labute approximate surface area is 243 Å². The summed E-state index contributed by atoms with van der Waals surface area (Å²) >= 11 is 8.02. The molecule has 4 rings (SSSR count). The molecule has 212 valence electrons. The van der Waals surface area contributed by atoms with Gasteiger partial charge in [0.15, 0.2) is 11.0 Å². The van der Waals surface area contributed by atoms with Crippen LogP contribution in [0.3, 0.4) is 0 Å². The van der Waals surface area contributed by atoms with Crippen LogP contribution < -0.4 is 0 Å². The maximum Gasteiger partial charge on any atom is 0.306 e. The Bertz CT molecular complexity index is 1320. The average molecular weight is 584 g/mol. The Hall–Kier alpha value is -3.37. The van der Waals surface area contributed by atoms with Gasteiger partial charge in [-0.2, -0.15) is 0 Å². The molecule has 3 aromatic rings. The fourth-order valence-electron chi connectivity index (χ4n) is 4.68. The molecule has 2 aromatic carbocycles. The van der Waals surface area contributed by atoms with E-state index >= 15 is 0 Å². The molecule has 1 unspecified atom stereocenters. The van der Waals surface area contributed by atoms with E-state index < -0.39 is 0 Å². The number of carbonyl (C=O) groups excluding carboxylic acids is 3. The SMILES string of the molecule is CCOC(=O)CCC(=O)N1CCN(C(=O)CCCSc2nnc(-c3ccccc3Cl)n2-c2ccccc2)CC1C. The molecule has 11 heteroatoms. The van der Waals surface area contributed by atoms with E-state index in [2.05, 4.69) is 10.2 Å². The normalized spacial score (nSPS) is 15.2. The molecule has 1 aliphatic rings. The Balaban J connectivity index is 1.30. The summed E-state index contributed by atoms with van der Waals surface area (Å²) in [5.74, 6) is 0.993. The molecule has 1 aromatic heterocycles. The molecule has 1 aliphatic heterocycles. The number of hydrogen-bond donors (Lipinski definition) is 0. The van der Waals surface area contributed by atoms with Crippen LogP contribution in [-0.2, 0) is 19.1 Å². The largest absolute Gasteiger partial charge is 0.466 e. The molecule has 2 amide bonds. The van der Waals surface area contributed by atoms with E-state index in [9.17, 15) is 14.4 Å². The minimum Gasteiger partial charge on any atom is -0.466 e. The summed E-state index contributed by atoms with van der Waals surface area (Å²) in [7, 11) is 0. The summed E-state index contributed by atoms with van der Waals surface area (Å²) < 4.78 is 6.90. The third-order valence-electron chi connectivity index (χ3n) is 6.68. The topological polar surface area (TPSA) is 97.6 Å². The highest BCUT2D eigenvalue weighted by molar-refractivity contribution is 7.99. The van der Waals surface area contributed by atoms with E-state index in [4.69, 9.17) is 16.3 Å². The lowest BCUT2D eigenvalue weighted by Gasteiger charge is -2.40. The smallest absolute Gasteiger partial charge is 0.306 e. The van der Waals surface area contributed by atoms with Gasteiger partial charge < -0.3 is 14.5 Å². The van der Waals surface area contributed by atoms with E-state index in [1.165, 1.54) is 0 Å². The van der Waals surface area contributed by atoms with Crippen molar-refractivity contribution in [1.82, 2.24) is 24.6 Å². The number of amides is 2. The summed E-state index contributed by atoms with van der Waals surface area (Å²) in [4.78, 5) is 40.7. The van der Waals surface area contributed by atoms with Crippen LogP contribution in [0.5, 0.6) is 0 Å². The summed E-state index contributed by atoms with van der Waals surface area (Å²) in [6.07, 6.45) is 1.29. The second-order valence-corrected chi connectivity index (χ2v) is 11.0. The molecule has 9 nitrogen and oxygen atoms in total. The lowest BCUT2D eigenvalue weighted by atomic mass is 10.1. The number of hydrogen-bond acceptors (Lipinski definition) is 7. The van der Waals surface area contributed by atoms with E-state index in [0.29, 0.717) is 55.7 Å². The van der Waals surface area contributed by atoms with Crippen LogP contribution in [0.1, 0.15) is 39.5 Å². The van der Waals surface area contributed by atoms with Crippen LogP contribution in [0.4, 0.5) is 0 Å². The molecule has 0 bridgehead atoms. The highest BCUT2D eigenvalue weighted by atomic mass is 35.5. The number of para-hydroxylation sites is 1. The van der Waals surface area contributed by atoms with E-state index in [0.717, 1.165) is 16.4 Å². The van der Waals surface area contributed by atoms with Gasteiger partial charge in [0.25, 0.3) is 0 Å². The molecule has 0 saturated carbocycles. The molecule has 2 heterocycles. The fraction of sp³-hybridized carbons (Fsp3) is 0.414. The zero-order valence-corrected chi connectivity index (χ0v) is 24.4. The number of ether oxygens (including phenoxy) is 1. The lowest BCUT2D eigenvalue weighted by Crippen LogP contribution is -2.55. The number of rotatable bonds is 11. The van der Waals surface area contributed by atoms with E-state index in [1.54, 1.807) is 23.6 Å². The van der Waals surface area contributed by atoms with Gasteiger partial charge in [0.1, 0.15) is 0 Å². The molecule has 1 fully saturated rings. The Morgan fingerprint density at radius 2 is 1.73 bits per heavy atom. The first kappa shape index (κ1) is 29.6. The van der Waals surface area contributed by atoms with Gasteiger partial charge in [-0.1, -0.05) is 53.7 Å². The Morgan fingerprint density at radius 3 is 2.45 bits per heavy atom. The molecule has 40 heavy (non-hydrogen) atoms. The zero-order chi connectivity index (χ0) is 28.5. The highest BCUT2D eigenvalue weighted by Gasteiger charge is 2.29. The summed E-state index contributed by atoms with van der Waals surface area (Å²) in [6, 6.07) is 17.3. The van der Waals surface area contributed by atoms with Crippen molar-refractivity contribution in [1.29, 1.82) is 0 Å². The minimum atomic E-state index is -0.364. The van der Waals surface area contributed by atoms with Crippen molar-refractivity contribution in [3.8, 4) is 17.1 Å². The van der Waals surface area contributed by atoms with Crippen molar-refractivity contribution in [2.75, 3.05) is 32.0 Å². The van der Waals surface area contributed by atoms with Crippen molar-refractivity contribution >= 4 is 41.1 Å². The number of piperazine rings is 1. The van der Waals surface area contributed by atoms with Crippen LogP contribution in [0.25, 0.3) is 17.1 Å². The first-order chi connectivity index (χ1) is 19.4. The lowest BCUT2D eigenvalue weighted by molar-refractivity contribution is -0.147. The third-order valence-corrected chi connectivity index (χ3v) is 8.02. The average Bonchev–Trinajstić information content (AvgIpc) is 3.38. The van der Waals surface area contributed by atoms with Crippen molar-refractivity contribution in [3.63, 3.8) is 0 Å². The molecular formula is C29H34ClN5O4S. The number of thioether (sulfide) groups is 1. The van der Waals surface area contributed by atoms with Crippen molar-refractivity contribution in [2.45, 2.75) is 50.7 Å². The molecular weight excluding hydrogens is 550 g/mol. The van der Waals surface area contributed by atoms with Crippen LogP contribution in [0.2, 0.25) is 5.02 Å². The van der Waals surface area contributed by atoms with Crippen LogP contribution >= 0.6 is 23.4 Å². The monoisotopic (exact) mass is 583 g/mol. The number of esters is 1. The molecule has 1 atom stereocenters. The predicted octanol–water partition coefficient (Wildman–Crippen LogP) is 4.86. The maximum atomic E-state index is 12.9. The van der Waals surface area contributed by atoms with Crippen LogP contribution in [0.15, 0.2) is 59.8 Å². The molecule has 0 N–H and O–H groups in total. The van der Waals surface area contributed by atoms with Gasteiger partial charge in [-0.25, -0.2) is 0 Å². The number of carbonyl (C=O) groups is 3. The molecule has 0 aliphatic carbocycles. The van der Waals surface area contributed by atoms with Gasteiger partial charge in [0.2, 0.25) is 11.8 Å². The fourth-order valence-corrected chi connectivity index (χ4v) is 5.79.